The fourth-order valence-corrected chi connectivity index (χ4v) is 2.64. The Morgan fingerprint density at radius 2 is 2.11 bits per heavy atom. The van der Waals surface area contributed by atoms with Gasteiger partial charge in [-0.3, -0.25) is 0 Å². The minimum Gasteiger partial charge on any atom is -0.361 e. The second-order valence-corrected chi connectivity index (χ2v) is 11.7. The third-order valence-corrected chi connectivity index (χ3v) is 4.85. The van der Waals surface area contributed by atoms with Crippen molar-refractivity contribution in [3.05, 3.63) is 30.1 Å². The molecule has 0 bridgehead atoms. The van der Waals surface area contributed by atoms with Crippen molar-refractivity contribution < 1.29 is 4.74 Å². The smallest absolute Gasteiger partial charge is 0.124 e. The van der Waals surface area contributed by atoms with E-state index in [1.807, 2.05) is 23.0 Å². The fraction of sp³-hybridized carbons (Fsp3) is 0.500. The summed E-state index contributed by atoms with van der Waals surface area (Å²) in [5.74, 6) is 0. The van der Waals surface area contributed by atoms with Gasteiger partial charge in [-0.1, -0.05) is 25.7 Å². The van der Waals surface area contributed by atoms with Crippen molar-refractivity contribution in [3.8, 4) is 0 Å². The summed E-state index contributed by atoms with van der Waals surface area (Å²) >= 11 is 0. The van der Waals surface area contributed by atoms with E-state index in [2.05, 4.69) is 30.7 Å². The standard InChI is InChI=1S/C14H23N3OSi/c1-19(2,3)7-6-18-11-17-10-16-13-8-12(9-15)4-5-14(13)17/h4-5,8,10H,6-7,9,11,15H2,1-3H3. The molecule has 0 aliphatic carbocycles. The molecule has 0 unspecified atom stereocenters. The molecule has 4 nitrogen and oxygen atoms in total. The number of hydrogen-bond acceptors (Lipinski definition) is 3. The zero-order valence-corrected chi connectivity index (χ0v) is 13.0. The number of aromatic nitrogens is 2. The van der Waals surface area contributed by atoms with Crippen LogP contribution >= 0.6 is 0 Å². The summed E-state index contributed by atoms with van der Waals surface area (Å²) in [5.41, 5.74) is 8.83. The molecule has 0 aliphatic heterocycles. The van der Waals surface area contributed by atoms with E-state index in [-0.39, 0.29) is 0 Å². The van der Waals surface area contributed by atoms with Gasteiger partial charge in [0.25, 0.3) is 0 Å². The highest BCUT2D eigenvalue weighted by molar-refractivity contribution is 6.76. The van der Waals surface area contributed by atoms with Crippen molar-refractivity contribution >= 4 is 19.1 Å². The summed E-state index contributed by atoms with van der Waals surface area (Å²) in [6.07, 6.45) is 1.83. The van der Waals surface area contributed by atoms with Gasteiger partial charge in [0, 0.05) is 21.2 Å². The minimum atomic E-state index is -1.01. The molecular weight excluding hydrogens is 254 g/mol. The molecule has 0 radical (unpaired) electrons. The monoisotopic (exact) mass is 277 g/mol. The number of hydrogen-bond donors (Lipinski definition) is 1. The molecule has 1 aromatic heterocycles. The van der Waals surface area contributed by atoms with Gasteiger partial charge < -0.3 is 15.0 Å². The Balaban J connectivity index is 1.98. The van der Waals surface area contributed by atoms with Gasteiger partial charge in [-0.05, 0) is 23.7 Å². The largest absolute Gasteiger partial charge is 0.361 e. The van der Waals surface area contributed by atoms with Gasteiger partial charge in [-0.15, -0.1) is 0 Å². The van der Waals surface area contributed by atoms with E-state index in [4.69, 9.17) is 10.5 Å². The zero-order chi connectivity index (χ0) is 13.9. The number of ether oxygens (including phenoxy) is 1. The third-order valence-electron chi connectivity index (χ3n) is 3.15. The van der Waals surface area contributed by atoms with Crippen LogP contribution in [0.4, 0.5) is 0 Å². The van der Waals surface area contributed by atoms with Crippen molar-refractivity contribution in [1.82, 2.24) is 9.55 Å². The normalized spacial score (nSPS) is 12.2. The first kappa shape index (κ1) is 14.2. The van der Waals surface area contributed by atoms with Crippen molar-refractivity contribution in [2.45, 2.75) is 39.0 Å². The molecule has 0 spiro atoms. The van der Waals surface area contributed by atoms with Crippen molar-refractivity contribution in [2.24, 2.45) is 5.73 Å². The maximum atomic E-state index is 5.75. The Morgan fingerprint density at radius 3 is 2.79 bits per heavy atom. The Morgan fingerprint density at radius 1 is 1.32 bits per heavy atom. The molecule has 0 atom stereocenters. The van der Waals surface area contributed by atoms with Crippen LogP contribution in [0.15, 0.2) is 24.5 Å². The first-order valence-electron chi connectivity index (χ1n) is 6.71. The summed E-state index contributed by atoms with van der Waals surface area (Å²) in [5, 5.41) is 0. The van der Waals surface area contributed by atoms with E-state index in [9.17, 15) is 0 Å². The van der Waals surface area contributed by atoms with Gasteiger partial charge in [0.15, 0.2) is 0 Å². The van der Waals surface area contributed by atoms with Crippen LogP contribution in [0.5, 0.6) is 0 Å². The summed E-state index contributed by atoms with van der Waals surface area (Å²) in [4.78, 5) is 4.39. The topological polar surface area (TPSA) is 53.1 Å². The molecule has 1 aromatic carbocycles. The van der Waals surface area contributed by atoms with Gasteiger partial charge >= 0.3 is 0 Å². The molecule has 0 amide bonds. The summed E-state index contributed by atoms with van der Waals surface area (Å²) in [7, 11) is -1.01. The summed E-state index contributed by atoms with van der Waals surface area (Å²) in [6, 6.07) is 7.33. The van der Waals surface area contributed by atoms with Gasteiger partial charge in [-0.25, -0.2) is 4.98 Å². The quantitative estimate of drug-likeness (QED) is 0.652. The third kappa shape index (κ3) is 3.89. The van der Waals surface area contributed by atoms with Crippen LogP contribution in [0.25, 0.3) is 11.0 Å². The fourth-order valence-electron chi connectivity index (χ4n) is 1.88. The molecule has 2 N–H and O–H groups in total. The van der Waals surface area contributed by atoms with Crippen LogP contribution < -0.4 is 5.73 Å². The Hall–Kier alpha value is -1.17. The van der Waals surface area contributed by atoms with Crippen LogP contribution in [0.1, 0.15) is 5.56 Å². The predicted molar refractivity (Wildman–Crippen MR) is 81.7 cm³/mol. The van der Waals surface area contributed by atoms with Crippen molar-refractivity contribution in [3.63, 3.8) is 0 Å². The second-order valence-electron chi connectivity index (χ2n) is 6.09. The first-order chi connectivity index (χ1) is 8.99. The zero-order valence-electron chi connectivity index (χ0n) is 12.0. The van der Waals surface area contributed by atoms with Gasteiger partial charge in [0.1, 0.15) is 6.73 Å². The van der Waals surface area contributed by atoms with Crippen LogP contribution in [-0.4, -0.2) is 24.2 Å². The Labute approximate surface area is 115 Å². The molecule has 0 fully saturated rings. The molecule has 1 heterocycles. The van der Waals surface area contributed by atoms with E-state index >= 15 is 0 Å². The summed E-state index contributed by atoms with van der Waals surface area (Å²) in [6.45, 7) is 9.03. The Bertz CT molecular complexity index is 545. The second kappa shape index (κ2) is 5.86. The van der Waals surface area contributed by atoms with Gasteiger partial charge in [0.05, 0.1) is 17.4 Å². The van der Waals surface area contributed by atoms with E-state index in [0.717, 1.165) is 23.2 Å². The van der Waals surface area contributed by atoms with Gasteiger partial charge in [0.2, 0.25) is 0 Å². The lowest BCUT2D eigenvalue weighted by molar-refractivity contribution is 0.0898. The van der Waals surface area contributed by atoms with Crippen molar-refractivity contribution in [2.75, 3.05) is 6.61 Å². The van der Waals surface area contributed by atoms with Crippen LogP contribution in [0, 0.1) is 0 Å². The van der Waals surface area contributed by atoms with Gasteiger partial charge in [-0.2, -0.15) is 0 Å². The van der Waals surface area contributed by atoms with Crippen LogP contribution in [-0.2, 0) is 18.0 Å². The van der Waals surface area contributed by atoms with E-state index in [0.29, 0.717) is 13.3 Å². The molecule has 19 heavy (non-hydrogen) atoms. The van der Waals surface area contributed by atoms with E-state index < -0.39 is 8.07 Å². The van der Waals surface area contributed by atoms with Crippen LogP contribution in [0.3, 0.4) is 0 Å². The van der Waals surface area contributed by atoms with E-state index in [1.54, 1.807) is 0 Å². The Kier molecular flexibility index (Phi) is 4.39. The lowest BCUT2D eigenvalue weighted by Crippen LogP contribution is -2.21. The molecular formula is C14H23N3OSi. The molecule has 0 saturated carbocycles. The van der Waals surface area contributed by atoms with Crippen LogP contribution in [0.2, 0.25) is 25.7 Å². The molecule has 0 aliphatic rings. The number of fused-ring (bicyclic) bond motifs is 1. The summed E-state index contributed by atoms with van der Waals surface area (Å²) < 4.78 is 7.79. The molecule has 104 valence electrons. The molecule has 5 heteroatoms. The average Bonchev–Trinajstić information content (AvgIpc) is 2.75. The number of rotatable bonds is 6. The number of benzene rings is 1. The highest BCUT2D eigenvalue weighted by Crippen LogP contribution is 2.15. The molecule has 2 rings (SSSR count). The predicted octanol–water partition coefficient (Wildman–Crippen LogP) is 2.81. The van der Waals surface area contributed by atoms with E-state index in [1.165, 1.54) is 6.04 Å². The maximum absolute atomic E-state index is 5.75. The lowest BCUT2D eigenvalue weighted by Gasteiger charge is -2.15. The SMILES string of the molecule is C[Si](C)(C)CCOCn1cnc2cc(CN)ccc21. The number of nitrogens with zero attached hydrogens (tertiary/aromatic N) is 2. The minimum absolute atomic E-state index is 0.551. The highest BCUT2D eigenvalue weighted by atomic mass is 28.3. The maximum Gasteiger partial charge on any atom is 0.124 e. The van der Waals surface area contributed by atoms with Crippen molar-refractivity contribution in [1.29, 1.82) is 0 Å². The average molecular weight is 277 g/mol. The first-order valence-corrected chi connectivity index (χ1v) is 10.4. The highest BCUT2D eigenvalue weighted by Gasteiger charge is 2.12. The lowest BCUT2D eigenvalue weighted by atomic mass is 10.2. The molecule has 0 saturated heterocycles. The molecule has 2 aromatic rings. The number of imidazole rings is 1. The number of nitrogens with two attached hydrogens (primary N) is 1.